The lowest BCUT2D eigenvalue weighted by Gasteiger charge is -2.19. The predicted octanol–water partition coefficient (Wildman–Crippen LogP) is 3.43. The van der Waals surface area contributed by atoms with Gasteiger partial charge in [0.1, 0.15) is 6.33 Å². The van der Waals surface area contributed by atoms with Crippen molar-refractivity contribution in [3.05, 3.63) is 59.4 Å². The number of carbonyl (C=O) groups is 1. The molecule has 0 radical (unpaired) electrons. The first-order chi connectivity index (χ1) is 14.3. The quantitative estimate of drug-likeness (QED) is 0.693. The monoisotopic (exact) mass is 418 g/mol. The SMILES string of the molecule is Cc1ccc(C(=O)Nc2nc(C(F)(F)F)no2)cc1C1CCN(c2cncnc2)C1. The first-order valence-electron chi connectivity index (χ1n) is 9.14. The fraction of sp³-hybridized carbons (Fsp3) is 0.316. The average molecular weight is 418 g/mol. The Bertz CT molecular complexity index is 1050. The smallest absolute Gasteiger partial charge is 0.368 e. The number of amides is 1. The van der Waals surface area contributed by atoms with E-state index in [4.69, 9.17) is 0 Å². The molecule has 0 aliphatic carbocycles. The Kier molecular flexibility index (Phi) is 5.10. The summed E-state index contributed by atoms with van der Waals surface area (Å²) in [5, 5.41) is 5.04. The Morgan fingerprint density at radius 1 is 1.27 bits per heavy atom. The van der Waals surface area contributed by atoms with E-state index < -0.39 is 23.9 Å². The lowest BCUT2D eigenvalue weighted by atomic mass is 9.92. The van der Waals surface area contributed by atoms with Crippen LogP contribution in [0.2, 0.25) is 0 Å². The van der Waals surface area contributed by atoms with Crippen LogP contribution in [-0.4, -0.2) is 39.1 Å². The van der Waals surface area contributed by atoms with Crippen molar-refractivity contribution in [3.63, 3.8) is 0 Å². The molecule has 1 fully saturated rings. The highest BCUT2D eigenvalue weighted by atomic mass is 19.4. The molecule has 11 heteroatoms. The molecular weight excluding hydrogens is 401 g/mol. The molecule has 2 aromatic heterocycles. The number of carbonyl (C=O) groups excluding carboxylic acids is 1. The fourth-order valence-corrected chi connectivity index (χ4v) is 3.48. The van der Waals surface area contributed by atoms with Crippen LogP contribution in [0.15, 0.2) is 41.4 Å². The second-order valence-electron chi connectivity index (χ2n) is 6.97. The Labute approximate surface area is 169 Å². The van der Waals surface area contributed by atoms with Gasteiger partial charge in [-0.2, -0.15) is 18.2 Å². The van der Waals surface area contributed by atoms with E-state index in [1.165, 1.54) is 6.33 Å². The van der Waals surface area contributed by atoms with Crippen molar-refractivity contribution in [2.75, 3.05) is 23.3 Å². The number of aromatic nitrogens is 4. The van der Waals surface area contributed by atoms with Gasteiger partial charge in [0.05, 0.1) is 18.1 Å². The van der Waals surface area contributed by atoms with Gasteiger partial charge < -0.3 is 9.42 Å². The van der Waals surface area contributed by atoms with Crippen molar-refractivity contribution in [2.24, 2.45) is 0 Å². The molecule has 1 saturated heterocycles. The van der Waals surface area contributed by atoms with Crippen LogP contribution in [0.4, 0.5) is 24.9 Å². The van der Waals surface area contributed by atoms with Gasteiger partial charge in [-0.25, -0.2) is 9.97 Å². The standard InChI is InChI=1S/C19H17F3N6O2/c1-11-2-3-12(16(29)25-18-26-17(27-30-18)19(20,21)22)6-15(11)13-4-5-28(9-13)14-7-23-10-24-8-14/h2-3,6-8,10,13H,4-5,9H2,1H3,(H,25,26,27,29). The molecule has 0 saturated carbocycles. The first-order valence-corrected chi connectivity index (χ1v) is 9.14. The van der Waals surface area contributed by atoms with Crippen molar-refractivity contribution >= 4 is 17.6 Å². The van der Waals surface area contributed by atoms with Crippen molar-refractivity contribution in [1.29, 1.82) is 0 Å². The third kappa shape index (κ3) is 4.09. The number of hydrogen-bond donors (Lipinski definition) is 1. The van der Waals surface area contributed by atoms with Crippen molar-refractivity contribution in [1.82, 2.24) is 20.1 Å². The topological polar surface area (TPSA) is 97.0 Å². The van der Waals surface area contributed by atoms with Gasteiger partial charge in [0.15, 0.2) is 0 Å². The van der Waals surface area contributed by atoms with Crippen LogP contribution < -0.4 is 10.2 Å². The molecular formula is C19H17F3N6O2. The summed E-state index contributed by atoms with van der Waals surface area (Å²) in [6.07, 6.45) is 1.13. The van der Waals surface area contributed by atoms with Crippen molar-refractivity contribution < 1.29 is 22.5 Å². The van der Waals surface area contributed by atoms with E-state index >= 15 is 0 Å². The van der Waals surface area contributed by atoms with Crippen LogP contribution in [0, 0.1) is 6.92 Å². The van der Waals surface area contributed by atoms with E-state index in [-0.39, 0.29) is 5.92 Å². The van der Waals surface area contributed by atoms with Crippen molar-refractivity contribution in [3.8, 4) is 0 Å². The van der Waals surface area contributed by atoms with Gasteiger partial charge in [0.25, 0.3) is 11.7 Å². The van der Waals surface area contributed by atoms with Crippen LogP contribution in [0.5, 0.6) is 0 Å². The highest BCUT2D eigenvalue weighted by Crippen LogP contribution is 2.32. The van der Waals surface area contributed by atoms with Gasteiger partial charge >= 0.3 is 12.2 Å². The van der Waals surface area contributed by atoms with Crippen LogP contribution >= 0.6 is 0 Å². The van der Waals surface area contributed by atoms with Crippen LogP contribution in [0.1, 0.15) is 39.6 Å². The van der Waals surface area contributed by atoms with Gasteiger partial charge in [-0.15, -0.1) is 0 Å². The second kappa shape index (κ2) is 7.73. The second-order valence-corrected chi connectivity index (χ2v) is 6.97. The zero-order valence-electron chi connectivity index (χ0n) is 15.8. The largest absolute Gasteiger partial charge is 0.455 e. The zero-order valence-corrected chi connectivity index (χ0v) is 15.8. The molecule has 4 rings (SSSR count). The number of anilines is 2. The molecule has 8 nitrogen and oxygen atoms in total. The molecule has 1 aliphatic rings. The summed E-state index contributed by atoms with van der Waals surface area (Å²) in [5.41, 5.74) is 3.26. The number of rotatable bonds is 4. The van der Waals surface area contributed by atoms with Gasteiger partial charge in [-0.05, 0) is 41.8 Å². The molecule has 1 aliphatic heterocycles. The molecule has 1 aromatic carbocycles. The summed E-state index contributed by atoms with van der Waals surface area (Å²) < 4.78 is 42.2. The maximum absolute atomic E-state index is 12.6. The minimum absolute atomic E-state index is 0.193. The van der Waals surface area contributed by atoms with E-state index in [0.29, 0.717) is 5.56 Å². The van der Waals surface area contributed by atoms with E-state index in [0.717, 1.165) is 36.3 Å². The molecule has 3 aromatic rings. The minimum Gasteiger partial charge on any atom is -0.368 e. The number of nitrogens with zero attached hydrogens (tertiary/aromatic N) is 5. The summed E-state index contributed by atoms with van der Waals surface area (Å²) in [6, 6.07) is 4.56. The molecule has 0 spiro atoms. The van der Waals surface area contributed by atoms with E-state index in [1.807, 2.05) is 13.0 Å². The zero-order chi connectivity index (χ0) is 21.3. The van der Waals surface area contributed by atoms with Gasteiger partial charge in [0, 0.05) is 24.6 Å². The summed E-state index contributed by atoms with van der Waals surface area (Å²) in [4.78, 5) is 25.9. The summed E-state index contributed by atoms with van der Waals surface area (Å²) in [5.74, 6) is -1.88. The third-order valence-corrected chi connectivity index (χ3v) is 4.98. The van der Waals surface area contributed by atoms with E-state index in [9.17, 15) is 18.0 Å². The maximum Gasteiger partial charge on any atom is 0.455 e. The maximum atomic E-state index is 12.6. The third-order valence-electron chi connectivity index (χ3n) is 4.98. The Balaban J connectivity index is 1.49. The Morgan fingerprint density at radius 2 is 2.03 bits per heavy atom. The number of alkyl halides is 3. The number of nitrogens with one attached hydrogen (secondary N) is 1. The molecule has 1 atom stereocenters. The molecule has 1 unspecified atom stereocenters. The molecule has 0 bridgehead atoms. The molecule has 156 valence electrons. The Hall–Kier alpha value is -3.50. The normalized spacial score (nSPS) is 16.7. The molecule has 1 amide bonds. The van der Waals surface area contributed by atoms with Crippen molar-refractivity contribution in [2.45, 2.75) is 25.4 Å². The van der Waals surface area contributed by atoms with Crippen LogP contribution in [-0.2, 0) is 6.18 Å². The minimum atomic E-state index is -4.75. The summed E-state index contributed by atoms with van der Waals surface area (Å²) in [6.45, 7) is 3.53. The summed E-state index contributed by atoms with van der Waals surface area (Å²) in [7, 11) is 0. The average Bonchev–Trinajstić information content (AvgIpc) is 3.38. The Morgan fingerprint density at radius 3 is 2.73 bits per heavy atom. The lowest BCUT2D eigenvalue weighted by Crippen LogP contribution is -2.20. The van der Waals surface area contributed by atoms with Crippen LogP contribution in [0.3, 0.4) is 0 Å². The predicted molar refractivity (Wildman–Crippen MR) is 100 cm³/mol. The lowest BCUT2D eigenvalue weighted by molar-refractivity contribution is -0.146. The first kappa shape index (κ1) is 19.8. The molecule has 3 heterocycles. The number of benzene rings is 1. The van der Waals surface area contributed by atoms with Gasteiger partial charge in [-0.1, -0.05) is 6.07 Å². The van der Waals surface area contributed by atoms with Crippen LogP contribution in [0.25, 0.3) is 0 Å². The highest BCUT2D eigenvalue weighted by molar-refractivity contribution is 6.03. The van der Waals surface area contributed by atoms with Gasteiger partial charge in [-0.3, -0.25) is 10.1 Å². The highest BCUT2D eigenvalue weighted by Gasteiger charge is 2.37. The summed E-state index contributed by atoms with van der Waals surface area (Å²) >= 11 is 0. The van der Waals surface area contributed by atoms with Gasteiger partial charge in [0.2, 0.25) is 0 Å². The fourth-order valence-electron chi connectivity index (χ4n) is 3.48. The van der Waals surface area contributed by atoms with E-state index in [1.54, 1.807) is 24.5 Å². The number of halogens is 3. The molecule has 1 N–H and O–H groups in total. The number of hydrogen-bond acceptors (Lipinski definition) is 7. The van der Waals surface area contributed by atoms with E-state index in [2.05, 4.69) is 34.8 Å². The number of aryl methyl sites for hydroxylation is 1. The molecule has 30 heavy (non-hydrogen) atoms.